The van der Waals surface area contributed by atoms with Crippen LogP contribution in [0.4, 0.5) is 0 Å². The van der Waals surface area contributed by atoms with E-state index in [1.165, 1.54) is 14.2 Å². The number of hydrogen-bond donors (Lipinski definition) is 0. The number of carbonyl (C=O) groups excluding carboxylic acids is 1. The molecule has 196 valence electrons. The quantitative estimate of drug-likeness (QED) is 0.339. The fourth-order valence-corrected chi connectivity index (χ4v) is 3.57. The second kappa shape index (κ2) is 12.8. The molecule has 0 fully saturated rings. The van der Waals surface area contributed by atoms with E-state index in [0.717, 1.165) is 0 Å². The number of methoxy groups -OCH3 is 7. The molecule has 0 radical (unpaired) electrons. The molecule has 0 N–H and O–H groups in total. The van der Waals surface area contributed by atoms with Crippen molar-refractivity contribution in [3.05, 3.63) is 70.3 Å². The molecule has 3 aromatic carbocycles. The summed E-state index contributed by atoms with van der Waals surface area (Å²) in [6, 6.07) is 12.0. The first-order valence-corrected chi connectivity index (χ1v) is 11.3. The maximum Gasteiger partial charge on any atom is 0.341 e. The Morgan fingerprint density at radius 3 is 1.45 bits per heavy atom. The van der Waals surface area contributed by atoms with E-state index in [1.54, 1.807) is 78.0 Å². The molecule has 0 aromatic heterocycles. The average molecular weight is 517 g/mol. The van der Waals surface area contributed by atoms with Gasteiger partial charge in [0.25, 0.3) is 0 Å². The zero-order chi connectivity index (χ0) is 27.7. The molecule has 8 heteroatoms. The Kier molecular flexibility index (Phi) is 9.34. The Hall–Kier alpha value is -4.95. The van der Waals surface area contributed by atoms with Crippen molar-refractivity contribution in [2.75, 3.05) is 49.8 Å². The summed E-state index contributed by atoms with van der Waals surface area (Å²) in [4.78, 5) is 12.0. The maximum atomic E-state index is 12.0. The second-order valence-corrected chi connectivity index (χ2v) is 7.57. The first kappa shape index (κ1) is 27.6. The van der Waals surface area contributed by atoms with Crippen molar-refractivity contribution in [1.29, 1.82) is 0 Å². The maximum absolute atomic E-state index is 12.0. The van der Waals surface area contributed by atoms with E-state index in [4.69, 9.17) is 33.2 Å². The highest BCUT2D eigenvalue weighted by molar-refractivity contribution is 5.92. The fourth-order valence-electron chi connectivity index (χ4n) is 3.57. The molecule has 3 rings (SSSR count). The summed E-state index contributed by atoms with van der Waals surface area (Å²) in [7, 11) is 10.5. The second-order valence-electron chi connectivity index (χ2n) is 7.57. The average Bonchev–Trinajstić information content (AvgIpc) is 2.97. The van der Waals surface area contributed by atoms with Crippen LogP contribution in [0.15, 0.2) is 42.5 Å². The summed E-state index contributed by atoms with van der Waals surface area (Å²) in [5.74, 6) is 14.9. The van der Waals surface area contributed by atoms with Gasteiger partial charge < -0.3 is 33.2 Å². The van der Waals surface area contributed by atoms with Gasteiger partial charge in [0.2, 0.25) is 5.75 Å². The molecule has 0 bridgehead atoms. The Bertz CT molecular complexity index is 1430. The van der Waals surface area contributed by atoms with Crippen LogP contribution in [-0.2, 0) is 4.74 Å². The van der Waals surface area contributed by atoms with Crippen LogP contribution in [0, 0.1) is 23.7 Å². The third-order valence-electron chi connectivity index (χ3n) is 5.48. The Morgan fingerprint density at radius 1 is 0.526 bits per heavy atom. The van der Waals surface area contributed by atoms with Gasteiger partial charge in [-0.15, -0.1) is 0 Å². The first-order chi connectivity index (χ1) is 18.4. The van der Waals surface area contributed by atoms with E-state index in [0.29, 0.717) is 62.3 Å². The molecule has 0 saturated heterocycles. The summed E-state index contributed by atoms with van der Waals surface area (Å²) in [5, 5.41) is 0. The molecule has 0 amide bonds. The summed E-state index contributed by atoms with van der Waals surface area (Å²) < 4.78 is 37.3. The van der Waals surface area contributed by atoms with E-state index in [1.807, 2.05) is 0 Å². The van der Waals surface area contributed by atoms with Crippen LogP contribution in [0.3, 0.4) is 0 Å². The number of rotatable bonds is 7. The fraction of sp³-hybridized carbons (Fsp3) is 0.233. The monoisotopic (exact) mass is 516 g/mol. The molecule has 0 aliphatic carbocycles. The van der Waals surface area contributed by atoms with Crippen LogP contribution in [0.2, 0.25) is 0 Å². The Labute approximate surface area is 222 Å². The van der Waals surface area contributed by atoms with Gasteiger partial charge in [0.05, 0.1) is 49.8 Å². The van der Waals surface area contributed by atoms with Gasteiger partial charge in [-0.3, -0.25) is 0 Å². The van der Waals surface area contributed by atoms with Crippen molar-refractivity contribution >= 4 is 5.97 Å². The van der Waals surface area contributed by atoms with Crippen LogP contribution in [-0.4, -0.2) is 55.7 Å². The number of carbonyl (C=O) groups is 1. The Morgan fingerprint density at radius 2 is 1.00 bits per heavy atom. The van der Waals surface area contributed by atoms with Crippen LogP contribution < -0.4 is 28.4 Å². The first-order valence-electron chi connectivity index (χ1n) is 11.3. The lowest BCUT2D eigenvalue weighted by atomic mass is 10.0. The van der Waals surface area contributed by atoms with Gasteiger partial charge in [0.1, 0.15) is 11.3 Å². The largest absolute Gasteiger partial charge is 0.496 e. The van der Waals surface area contributed by atoms with Gasteiger partial charge >= 0.3 is 5.97 Å². The van der Waals surface area contributed by atoms with E-state index >= 15 is 0 Å². The van der Waals surface area contributed by atoms with E-state index < -0.39 is 5.97 Å². The number of hydrogen-bond acceptors (Lipinski definition) is 8. The lowest BCUT2D eigenvalue weighted by Gasteiger charge is -2.12. The summed E-state index contributed by atoms with van der Waals surface area (Å²) in [6.07, 6.45) is 0. The predicted molar refractivity (Wildman–Crippen MR) is 142 cm³/mol. The standard InChI is InChI=1S/C30H28O8/c1-32-24-14-19(10-13-23(24)30(31)38-7)8-11-21-17-25(33-2)26(34-3)18-22(21)12-9-20-15-27(35-4)29(37-6)28(16-20)36-5/h10,13-18H,1-7H3. The van der Waals surface area contributed by atoms with Gasteiger partial charge in [0, 0.05) is 34.4 Å². The molecule has 0 unspecified atom stereocenters. The van der Waals surface area contributed by atoms with Crippen molar-refractivity contribution in [3.63, 3.8) is 0 Å². The molecule has 0 heterocycles. The van der Waals surface area contributed by atoms with E-state index in [9.17, 15) is 4.79 Å². The third kappa shape index (κ3) is 6.05. The normalized spacial score (nSPS) is 9.66. The van der Waals surface area contributed by atoms with Crippen molar-refractivity contribution in [3.8, 4) is 58.2 Å². The molecular formula is C30H28O8. The van der Waals surface area contributed by atoms with Crippen LogP contribution in [0.1, 0.15) is 32.6 Å². The topological polar surface area (TPSA) is 81.7 Å². The highest BCUT2D eigenvalue weighted by Gasteiger charge is 2.14. The number of benzene rings is 3. The minimum Gasteiger partial charge on any atom is -0.496 e. The third-order valence-corrected chi connectivity index (χ3v) is 5.48. The van der Waals surface area contributed by atoms with Gasteiger partial charge in [-0.1, -0.05) is 23.7 Å². The zero-order valence-electron chi connectivity index (χ0n) is 22.3. The van der Waals surface area contributed by atoms with E-state index in [2.05, 4.69) is 23.7 Å². The predicted octanol–water partition coefficient (Wildman–Crippen LogP) is 4.32. The molecule has 0 aliphatic heterocycles. The highest BCUT2D eigenvalue weighted by atomic mass is 16.5. The van der Waals surface area contributed by atoms with Gasteiger partial charge in [-0.25, -0.2) is 4.79 Å². The molecular weight excluding hydrogens is 488 g/mol. The van der Waals surface area contributed by atoms with Crippen molar-refractivity contribution in [2.24, 2.45) is 0 Å². The zero-order valence-corrected chi connectivity index (χ0v) is 22.3. The van der Waals surface area contributed by atoms with Gasteiger partial charge in [-0.2, -0.15) is 0 Å². The van der Waals surface area contributed by atoms with E-state index in [-0.39, 0.29) is 0 Å². The number of ether oxygens (including phenoxy) is 7. The summed E-state index contributed by atoms with van der Waals surface area (Å²) >= 11 is 0. The van der Waals surface area contributed by atoms with Gasteiger partial charge in [0.15, 0.2) is 23.0 Å². The molecule has 0 atom stereocenters. The molecule has 38 heavy (non-hydrogen) atoms. The molecule has 0 spiro atoms. The SMILES string of the molecule is COC(=O)c1ccc(C#Cc2cc(OC)c(OC)cc2C#Cc2cc(OC)c(OC)c(OC)c2)cc1OC. The lowest BCUT2D eigenvalue weighted by molar-refractivity contribution is 0.0597. The Balaban J connectivity index is 2.11. The molecule has 3 aromatic rings. The lowest BCUT2D eigenvalue weighted by Crippen LogP contribution is -2.04. The van der Waals surface area contributed by atoms with Crippen molar-refractivity contribution < 1.29 is 38.0 Å². The smallest absolute Gasteiger partial charge is 0.341 e. The molecule has 0 aliphatic rings. The van der Waals surface area contributed by atoms with Crippen molar-refractivity contribution in [1.82, 2.24) is 0 Å². The highest BCUT2D eigenvalue weighted by Crippen LogP contribution is 2.38. The van der Waals surface area contributed by atoms with Gasteiger partial charge in [-0.05, 0) is 30.3 Å². The molecule has 0 saturated carbocycles. The van der Waals surface area contributed by atoms with Crippen LogP contribution in [0.5, 0.6) is 34.5 Å². The van der Waals surface area contributed by atoms with Crippen LogP contribution >= 0.6 is 0 Å². The number of esters is 1. The summed E-state index contributed by atoms with van der Waals surface area (Å²) in [6.45, 7) is 0. The minimum absolute atomic E-state index is 0.309. The summed E-state index contributed by atoms with van der Waals surface area (Å²) in [5.41, 5.74) is 2.81. The van der Waals surface area contributed by atoms with Crippen LogP contribution in [0.25, 0.3) is 0 Å². The molecule has 8 nitrogen and oxygen atoms in total. The van der Waals surface area contributed by atoms with Crippen molar-refractivity contribution in [2.45, 2.75) is 0 Å². The minimum atomic E-state index is -0.495.